The Kier molecular flexibility index (Phi) is 2.18. The van der Waals surface area contributed by atoms with E-state index in [-0.39, 0.29) is 11.2 Å². The van der Waals surface area contributed by atoms with Crippen molar-refractivity contribution in [3.05, 3.63) is 29.1 Å². The molecule has 15 heavy (non-hydrogen) atoms. The van der Waals surface area contributed by atoms with Crippen LogP contribution in [0.4, 0.5) is 0 Å². The number of aliphatic imine (C=N–C) groups is 1. The number of ketones is 1. The van der Waals surface area contributed by atoms with Gasteiger partial charge in [-0.25, -0.2) is 0 Å². The van der Waals surface area contributed by atoms with Crippen LogP contribution in [-0.4, -0.2) is 17.0 Å². The number of hydrogen-bond acceptors (Lipinski definition) is 3. The van der Waals surface area contributed by atoms with Crippen LogP contribution >= 0.6 is 0 Å². The predicted molar refractivity (Wildman–Crippen MR) is 59.3 cm³/mol. The van der Waals surface area contributed by atoms with Crippen LogP contribution < -0.4 is 0 Å². The summed E-state index contributed by atoms with van der Waals surface area (Å²) in [5.74, 6) is 0.123. The first-order valence-electron chi connectivity index (χ1n) is 5.02. The van der Waals surface area contributed by atoms with Crippen molar-refractivity contribution in [2.45, 2.75) is 27.3 Å². The fourth-order valence-corrected chi connectivity index (χ4v) is 1.54. The molecular formula is C12H14N2O. The first-order chi connectivity index (χ1) is 6.98. The molecule has 0 saturated carbocycles. The highest BCUT2D eigenvalue weighted by Crippen LogP contribution is 2.22. The van der Waals surface area contributed by atoms with E-state index in [2.05, 4.69) is 9.98 Å². The molecule has 0 aliphatic carbocycles. The highest BCUT2D eigenvalue weighted by molar-refractivity contribution is 6.01. The van der Waals surface area contributed by atoms with E-state index in [4.69, 9.17) is 0 Å². The van der Waals surface area contributed by atoms with Gasteiger partial charge in [0.05, 0.1) is 12.2 Å². The molecule has 0 N–H and O–H groups in total. The third-order valence-corrected chi connectivity index (χ3v) is 2.42. The van der Waals surface area contributed by atoms with Gasteiger partial charge in [-0.15, -0.1) is 0 Å². The maximum atomic E-state index is 12.0. The average Bonchev–Trinajstić information content (AvgIpc) is 2.61. The zero-order valence-corrected chi connectivity index (χ0v) is 9.24. The minimum Gasteiger partial charge on any atom is -0.294 e. The molecule has 0 amide bonds. The van der Waals surface area contributed by atoms with Gasteiger partial charge in [-0.1, -0.05) is 20.8 Å². The van der Waals surface area contributed by atoms with Crippen LogP contribution in [0.15, 0.2) is 17.3 Å². The van der Waals surface area contributed by atoms with Gasteiger partial charge in [0.1, 0.15) is 0 Å². The summed E-state index contributed by atoms with van der Waals surface area (Å²) in [6.45, 7) is 6.38. The van der Waals surface area contributed by atoms with E-state index < -0.39 is 0 Å². The van der Waals surface area contributed by atoms with Crippen LogP contribution in [-0.2, 0) is 6.54 Å². The largest absolute Gasteiger partial charge is 0.294 e. The van der Waals surface area contributed by atoms with Gasteiger partial charge in [0.2, 0.25) is 0 Å². The lowest BCUT2D eigenvalue weighted by atomic mass is 9.87. The summed E-state index contributed by atoms with van der Waals surface area (Å²) in [6.07, 6.45) is 3.43. The summed E-state index contributed by atoms with van der Waals surface area (Å²) in [6, 6.07) is 1.88. The van der Waals surface area contributed by atoms with Gasteiger partial charge in [0, 0.05) is 29.0 Å². The Bertz CT molecular complexity index is 441. The molecule has 0 bridgehead atoms. The molecule has 0 spiro atoms. The van der Waals surface area contributed by atoms with E-state index in [0.717, 1.165) is 11.3 Å². The summed E-state index contributed by atoms with van der Waals surface area (Å²) in [4.78, 5) is 20.3. The van der Waals surface area contributed by atoms with Crippen molar-refractivity contribution in [1.29, 1.82) is 0 Å². The van der Waals surface area contributed by atoms with E-state index in [1.807, 2.05) is 26.8 Å². The normalized spacial score (nSPS) is 14.1. The molecule has 1 aromatic rings. The SMILES string of the molecule is CC(C)(C)C(=O)c1cnc2c(c1)C=NC2. The average molecular weight is 202 g/mol. The molecule has 0 atom stereocenters. The molecule has 0 radical (unpaired) electrons. The maximum absolute atomic E-state index is 12.0. The lowest BCUT2D eigenvalue weighted by Gasteiger charge is -2.16. The zero-order chi connectivity index (χ0) is 11.1. The van der Waals surface area contributed by atoms with Crippen molar-refractivity contribution in [3.8, 4) is 0 Å². The summed E-state index contributed by atoms with van der Waals surface area (Å²) in [5, 5.41) is 0. The number of pyridine rings is 1. The van der Waals surface area contributed by atoms with Crippen LogP contribution in [0.25, 0.3) is 0 Å². The highest BCUT2D eigenvalue weighted by atomic mass is 16.1. The minimum absolute atomic E-state index is 0.123. The summed E-state index contributed by atoms with van der Waals surface area (Å²) < 4.78 is 0. The van der Waals surface area contributed by atoms with Crippen molar-refractivity contribution < 1.29 is 4.79 Å². The quantitative estimate of drug-likeness (QED) is 0.655. The molecule has 3 heteroatoms. The summed E-state index contributed by atoms with van der Waals surface area (Å²) in [5.41, 5.74) is 2.26. The highest BCUT2D eigenvalue weighted by Gasteiger charge is 2.24. The maximum Gasteiger partial charge on any atom is 0.169 e. The van der Waals surface area contributed by atoms with E-state index in [1.54, 1.807) is 12.4 Å². The van der Waals surface area contributed by atoms with Gasteiger partial charge >= 0.3 is 0 Å². The Labute approximate surface area is 89.3 Å². The molecule has 2 rings (SSSR count). The summed E-state index contributed by atoms with van der Waals surface area (Å²) in [7, 11) is 0. The molecule has 1 aliphatic rings. The van der Waals surface area contributed by atoms with Crippen molar-refractivity contribution in [2.24, 2.45) is 10.4 Å². The number of hydrogen-bond donors (Lipinski definition) is 0. The molecule has 0 aromatic carbocycles. The van der Waals surface area contributed by atoms with E-state index in [0.29, 0.717) is 12.1 Å². The minimum atomic E-state index is -0.355. The Balaban J connectivity index is 2.39. The van der Waals surface area contributed by atoms with Crippen molar-refractivity contribution in [2.75, 3.05) is 0 Å². The third kappa shape index (κ3) is 1.82. The lowest BCUT2D eigenvalue weighted by molar-refractivity contribution is 0.0858. The standard InChI is InChI=1S/C12H14N2O/c1-12(2,3)11(15)9-4-8-5-13-7-10(8)14-6-9/h4-6H,7H2,1-3H3. The fraction of sp³-hybridized carbons (Fsp3) is 0.417. The second-order valence-corrected chi connectivity index (χ2v) is 4.81. The van der Waals surface area contributed by atoms with Gasteiger partial charge in [-0.2, -0.15) is 0 Å². The van der Waals surface area contributed by atoms with Crippen LogP contribution in [0.5, 0.6) is 0 Å². The van der Waals surface area contributed by atoms with Gasteiger partial charge in [-0.05, 0) is 6.07 Å². The Morgan fingerprint density at radius 2 is 2.13 bits per heavy atom. The van der Waals surface area contributed by atoms with Crippen molar-refractivity contribution in [1.82, 2.24) is 4.98 Å². The zero-order valence-electron chi connectivity index (χ0n) is 9.24. The lowest BCUT2D eigenvalue weighted by Crippen LogP contribution is -2.20. The second kappa shape index (κ2) is 3.26. The number of nitrogens with zero attached hydrogens (tertiary/aromatic N) is 2. The Morgan fingerprint density at radius 3 is 2.80 bits per heavy atom. The summed E-state index contributed by atoms with van der Waals surface area (Å²) >= 11 is 0. The molecule has 0 unspecified atom stereocenters. The van der Waals surface area contributed by atoms with Crippen LogP contribution in [0.2, 0.25) is 0 Å². The van der Waals surface area contributed by atoms with E-state index in [9.17, 15) is 4.79 Å². The smallest absolute Gasteiger partial charge is 0.169 e. The number of aromatic nitrogens is 1. The third-order valence-electron chi connectivity index (χ3n) is 2.42. The molecule has 78 valence electrons. The first-order valence-corrected chi connectivity index (χ1v) is 5.02. The molecule has 0 fully saturated rings. The second-order valence-electron chi connectivity index (χ2n) is 4.81. The topological polar surface area (TPSA) is 42.3 Å². The molecule has 1 aliphatic heterocycles. The van der Waals surface area contributed by atoms with Gasteiger partial charge in [0.25, 0.3) is 0 Å². The van der Waals surface area contributed by atoms with Crippen molar-refractivity contribution >= 4 is 12.0 Å². The Morgan fingerprint density at radius 1 is 1.40 bits per heavy atom. The van der Waals surface area contributed by atoms with Gasteiger partial charge in [-0.3, -0.25) is 14.8 Å². The number of carbonyl (C=O) groups excluding carboxylic acids is 1. The van der Waals surface area contributed by atoms with Crippen LogP contribution in [0.1, 0.15) is 42.4 Å². The molecule has 3 nitrogen and oxygen atoms in total. The molecule has 2 heterocycles. The molecular weight excluding hydrogens is 188 g/mol. The monoisotopic (exact) mass is 202 g/mol. The number of rotatable bonds is 1. The predicted octanol–water partition coefficient (Wildman–Crippen LogP) is 2.24. The fourth-order valence-electron chi connectivity index (χ4n) is 1.54. The van der Waals surface area contributed by atoms with E-state index in [1.165, 1.54) is 0 Å². The van der Waals surface area contributed by atoms with Gasteiger partial charge in [0.15, 0.2) is 5.78 Å². The molecule has 1 aromatic heterocycles. The van der Waals surface area contributed by atoms with Crippen molar-refractivity contribution in [3.63, 3.8) is 0 Å². The number of fused-ring (bicyclic) bond motifs is 1. The Hall–Kier alpha value is -1.51. The molecule has 0 saturated heterocycles. The van der Waals surface area contributed by atoms with E-state index >= 15 is 0 Å². The van der Waals surface area contributed by atoms with Gasteiger partial charge < -0.3 is 0 Å². The number of carbonyl (C=O) groups is 1. The van der Waals surface area contributed by atoms with Crippen LogP contribution in [0.3, 0.4) is 0 Å². The number of Topliss-reactive ketones (excluding diaryl/α,β-unsaturated/α-hetero) is 1. The van der Waals surface area contributed by atoms with Crippen LogP contribution in [0, 0.1) is 5.41 Å². The first kappa shape index (κ1) is 10.0.